The number of nitrogens with one attached hydrogen (secondary N) is 1. The van der Waals surface area contributed by atoms with Crippen molar-refractivity contribution < 1.29 is 23.8 Å². The van der Waals surface area contributed by atoms with E-state index in [1.807, 2.05) is 60.7 Å². The van der Waals surface area contributed by atoms with Crippen LogP contribution in [0.3, 0.4) is 0 Å². The third-order valence-corrected chi connectivity index (χ3v) is 6.33. The molecule has 2 amide bonds. The molecule has 4 heterocycles. The van der Waals surface area contributed by atoms with E-state index < -0.39 is 17.4 Å². The third-order valence-electron chi connectivity index (χ3n) is 6.33. The summed E-state index contributed by atoms with van der Waals surface area (Å²) in [6.45, 7) is 1.08. The molecule has 4 aliphatic rings. The van der Waals surface area contributed by atoms with Gasteiger partial charge in [-0.2, -0.15) is 0 Å². The van der Waals surface area contributed by atoms with Gasteiger partial charge in [-0.05, 0) is 29.8 Å². The molecule has 2 fully saturated rings. The number of hydrogen-bond donors (Lipinski definition) is 1. The zero-order valence-electron chi connectivity index (χ0n) is 16.1. The summed E-state index contributed by atoms with van der Waals surface area (Å²) in [6.07, 6.45) is 3.52. The van der Waals surface area contributed by atoms with E-state index in [0.29, 0.717) is 30.3 Å². The number of amides is 2. The van der Waals surface area contributed by atoms with Crippen LogP contribution in [-0.2, 0) is 20.9 Å². The minimum absolute atomic E-state index is 0.0484. The van der Waals surface area contributed by atoms with E-state index >= 15 is 0 Å². The standard InChI is InChI=1S/C23H20N2O5/c26-21(24-15-4-2-1-3-5-15)19-17-8-9-23(30-17)12-25(22(27)20(19)23)11-14-6-7-16-18(10-14)29-13-28-16/h1-10,17,19-20H,11-13H2,(H,24,26). The lowest BCUT2D eigenvalue weighted by atomic mass is 9.77. The molecular formula is C23H20N2O5. The molecule has 2 aromatic rings. The lowest BCUT2D eigenvalue weighted by Gasteiger charge is -2.23. The topological polar surface area (TPSA) is 77.1 Å². The number of ether oxygens (including phenoxy) is 3. The molecule has 0 aliphatic carbocycles. The highest BCUT2D eigenvalue weighted by Crippen LogP contribution is 2.52. The summed E-state index contributed by atoms with van der Waals surface area (Å²) in [5.74, 6) is 0.127. The van der Waals surface area contributed by atoms with Gasteiger partial charge in [0.1, 0.15) is 5.60 Å². The minimum Gasteiger partial charge on any atom is -0.454 e. The van der Waals surface area contributed by atoms with Crippen LogP contribution in [0.1, 0.15) is 5.56 Å². The summed E-state index contributed by atoms with van der Waals surface area (Å²) >= 11 is 0. The summed E-state index contributed by atoms with van der Waals surface area (Å²) in [5.41, 5.74) is 0.940. The molecule has 1 N–H and O–H groups in total. The maximum absolute atomic E-state index is 13.4. The van der Waals surface area contributed by atoms with Crippen molar-refractivity contribution in [3.05, 3.63) is 66.2 Å². The first-order valence-electron chi connectivity index (χ1n) is 10.0. The average molecular weight is 404 g/mol. The highest BCUT2D eigenvalue weighted by Gasteiger charge is 2.66. The van der Waals surface area contributed by atoms with E-state index in [0.717, 1.165) is 5.56 Å². The fourth-order valence-electron chi connectivity index (χ4n) is 5.02. The second kappa shape index (κ2) is 6.34. The molecule has 0 saturated carbocycles. The van der Waals surface area contributed by atoms with Crippen LogP contribution < -0.4 is 14.8 Å². The van der Waals surface area contributed by atoms with Gasteiger partial charge in [0.05, 0.1) is 24.5 Å². The number of carbonyl (C=O) groups is 2. The molecule has 7 heteroatoms. The van der Waals surface area contributed by atoms with E-state index in [-0.39, 0.29) is 24.7 Å². The smallest absolute Gasteiger partial charge is 0.231 e. The van der Waals surface area contributed by atoms with Gasteiger partial charge in [0.2, 0.25) is 18.6 Å². The van der Waals surface area contributed by atoms with E-state index in [9.17, 15) is 9.59 Å². The largest absolute Gasteiger partial charge is 0.454 e. The first kappa shape index (κ1) is 17.5. The molecule has 0 aromatic heterocycles. The lowest BCUT2D eigenvalue weighted by molar-refractivity contribution is -0.136. The Morgan fingerprint density at radius 2 is 1.97 bits per heavy atom. The summed E-state index contributed by atoms with van der Waals surface area (Å²) in [7, 11) is 0. The van der Waals surface area contributed by atoms with Gasteiger partial charge in [-0.1, -0.05) is 36.4 Å². The van der Waals surface area contributed by atoms with Gasteiger partial charge in [0, 0.05) is 12.2 Å². The van der Waals surface area contributed by atoms with Crippen molar-refractivity contribution in [2.75, 3.05) is 18.7 Å². The highest BCUT2D eigenvalue weighted by atomic mass is 16.7. The number of nitrogens with zero attached hydrogens (tertiary/aromatic N) is 1. The SMILES string of the molecule is O=C(Nc1ccccc1)C1C2C=CC3(CN(Cc4ccc5c(c4)OCO5)C(=O)C13)O2. The van der Waals surface area contributed by atoms with Gasteiger partial charge in [0.25, 0.3) is 0 Å². The fourth-order valence-corrected chi connectivity index (χ4v) is 5.02. The van der Waals surface area contributed by atoms with Crippen molar-refractivity contribution in [2.24, 2.45) is 11.8 Å². The number of likely N-dealkylation sites (tertiary alicyclic amines) is 1. The molecule has 2 aromatic carbocycles. The predicted molar refractivity (Wildman–Crippen MR) is 107 cm³/mol. The summed E-state index contributed by atoms with van der Waals surface area (Å²) in [5, 5.41) is 2.94. The maximum atomic E-state index is 13.4. The Morgan fingerprint density at radius 1 is 1.13 bits per heavy atom. The van der Waals surface area contributed by atoms with Crippen LogP contribution in [0.15, 0.2) is 60.7 Å². The van der Waals surface area contributed by atoms with Gasteiger partial charge < -0.3 is 24.4 Å². The molecule has 152 valence electrons. The number of fused-ring (bicyclic) bond motifs is 2. The van der Waals surface area contributed by atoms with E-state index in [2.05, 4.69) is 5.32 Å². The van der Waals surface area contributed by atoms with Crippen molar-refractivity contribution in [3.8, 4) is 11.5 Å². The number of hydrogen-bond acceptors (Lipinski definition) is 5. The lowest BCUT2D eigenvalue weighted by Crippen LogP contribution is -2.41. The van der Waals surface area contributed by atoms with E-state index in [1.165, 1.54) is 0 Å². The number of rotatable bonds is 4. The van der Waals surface area contributed by atoms with Gasteiger partial charge in [-0.15, -0.1) is 0 Å². The number of anilines is 1. The molecule has 6 rings (SSSR count). The summed E-state index contributed by atoms with van der Waals surface area (Å²) in [6, 6.07) is 15.0. The number of benzene rings is 2. The first-order valence-corrected chi connectivity index (χ1v) is 10.0. The average Bonchev–Trinajstić information content (AvgIpc) is 3.50. The van der Waals surface area contributed by atoms with Crippen molar-refractivity contribution in [1.29, 1.82) is 0 Å². The molecule has 30 heavy (non-hydrogen) atoms. The maximum Gasteiger partial charge on any atom is 0.231 e. The van der Waals surface area contributed by atoms with Gasteiger partial charge in [0.15, 0.2) is 11.5 Å². The zero-order valence-corrected chi connectivity index (χ0v) is 16.1. The van der Waals surface area contributed by atoms with Crippen molar-refractivity contribution >= 4 is 17.5 Å². The van der Waals surface area contributed by atoms with Crippen LogP contribution in [0.5, 0.6) is 11.5 Å². The van der Waals surface area contributed by atoms with Crippen LogP contribution in [0.25, 0.3) is 0 Å². The summed E-state index contributed by atoms with van der Waals surface area (Å²) < 4.78 is 17.0. The van der Waals surface area contributed by atoms with Crippen LogP contribution in [0.4, 0.5) is 5.69 Å². The van der Waals surface area contributed by atoms with Gasteiger partial charge in [-0.3, -0.25) is 9.59 Å². The monoisotopic (exact) mass is 404 g/mol. The van der Waals surface area contributed by atoms with Crippen LogP contribution >= 0.6 is 0 Å². The fraction of sp³-hybridized carbons (Fsp3) is 0.304. The summed E-state index contributed by atoms with van der Waals surface area (Å²) in [4.78, 5) is 28.2. The Kier molecular flexibility index (Phi) is 3.70. The van der Waals surface area contributed by atoms with Crippen LogP contribution in [0, 0.1) is 11.8 Å². The second-order valence-electron chi connectivity index (χ2n) is 8.14. The Hall–Kier alpha value is -3.32. The Bertz CT molecular complexity index is 1070. The van der Waals surface area contributed by atoms with Crippen LogP contribution in [0.2, 0.25) is 0 Å². The Labute approximate surface area is 173 Å². The molecule has 2 bridgehead atoms. The quantitative estimate of drug-likeness (QED) is 0.792. The molecule has 4 atom stereocenters. The van der Waals surface area contributed by atoms with Gasteiger partial charge in [-0.25, -0.2) is 0 Å². The van der Waals surface area contributed by atoms with E-state index in [1.54, 1.807) is 4.90 Å². The molecule has 1 spiro atoms. The zero-order chi connectivity index (χ0) is 20.3. The van der Waals surface area contributed by atoms with Crippen molar-refractivity contribution in [1.82, 2.24) is 4.90 Å². The van der Waals surface area contributed by atoms with E-state index in [4.69, 9.17) is 14.2 Å². The van der Waals surface area contributed by atoms with Crippen molar-refractivity contribution in [2.45, 2.75) is 18.2 Å². The number of carbonyl (C=O) groups excluding carboxylic acids is 2. The highest BCUT2D eigenvalue weighted by molar-refractivity contribution is 5.99. The third kappa shape index (κ3) is 2.55. The van der Waals surface area contributed by atoms with Gasteiger partial charge >= 0.3 is 0 Å². The molecule has 7 nitrogen and oxygen atoms in total. The number of para-hydroxylation sites is 1. The normalized spacial score (nSPS) is 30.1. The minimum atomic E-state index is -0.725. The Morgan fingerprint density at radius 3 is 2.83 bits per heavy atom. The predicted octanol–water partition coefficient (Wildman–Crippen LogP) is 2.34. The molecule has 2 saturated heterocycles. The van der Waals surface area contributed by atoms with Crippen molar-refractivity contribution in [3.63, 3.8) is 0 Å². The second-order valence-corrected chi connectivity index (χ2v) is 8.14. The Balaban J connectivity index is 1.24. The molecule has 4 unspecified atom stereocenters. The first-order chi connectivity index (χ1) is 14.6. The molecular weight excluding hydrogens is 384 g/mol. The molecule has 0 radical (unpaired) electrons. The molecule has 4 aliphatic heterocycles. The van der Waals surface area contributed by atoms with Crippen LogP contribution in [-0.4, -0.2) is 41.8 Å².